The number of nitrogens with two attached hydrogens (primary N) is 1. The first kappa shape index (κ1) is 30.2. The molecule has 11 nitrogen and oxygen atoms in total. The van der Waals surface area contributed by atoms with Crippen LogP contribution < -0.4 is 30.2 Å². The van der Waals surface area contributed by atoms with Crippen molar-refractivity contribution in [1.82, 2.24) is 10.2 Å². The molecule has 0 bridgehead atoms. The maximum Gasteiger partial charge on any atom is 0.234 e. The predicted octanol–water partition coefficient (Wildman–Crippen LogP) is 5.25. The molecule has 0 saturated carbocycles. The van der Waals surface area contributed by atoms with E-state index in [0.717, 1.165) is 5.56 Å². The van der Waals surface area contributed by atoms with Gasteiger partial charge in [0.15, 0.2) is 10.1 Å². The molecule has 43 heavy (non-hydrogen) atoms. The van der Waals surface area contributed by atoms with Crippen molar-refractivity contribution in [2.45, 2.75) is 29.5 Å². The number of amides is 1. The number of hydrogen-bond acceptors (Lipinski definition) is 12. The fourth-order valence-corrected chi connectivity index (χ4v) is 6.98. The molecule has 1 unspecified atom stereocenters. The molecule has 3 N–H and O–H groups in total. The highest BCUT2D eigenvalue weighted by Crippen LogP contribution is 2.47. The second-order valence-electron chi connectivity index (χ2n) is 9.46. The number of benzene rings is 2. The number of carbonyl (C=O) groups excluding carboxylic acids is 2. The number of Topliss-reactive ketones (excluding diaryl/α,β-unsaturated/α-hetero) is 1. The summed E-state index contributed by atoms with van der Waals surface area (Å²) in [5, 5.41) is 22.3. The van der Waals surface area contributed by atoms with E-state index in [0.29, 0.717) is 68.0 Å². The van der Waals surface area contributed by atoms with Gasteiger partial charge in [-0.25, -0.2) is 0 Å². The van der Waals surface area contributed by atoms with E-state index in [9.17, 15) is 14.9 Å². The zero-order chi connectivity index (χ0) is 30.7. The number of carbonyl (C=O) groups is 2. The standard InChI is InChI=1S/C29H27ClN6O5S2/c1-39-16-9-7-15(8-10-16)25-17(13-31)27(32)36(20-5-4-6-21(37)26(20)25)28-34-35-29(43-28)42-14-24(38)33-19-11-18(30)22(40-2)12-23(19)41-3/h7-12,25H,4-6,14,32H2,1-3H3,(H,33,38). The topological polar surface area (TPSA) is 153 Å². The van der Waals surface area contributed by atoms with E-state index in [4.69, 9.17) is 31.5 Å². The lowest BCUT2D eigenvalue weighted by atomic mass is 9.76. The minimum atomic E-state index is -0.594. The van der Waals surface area contributed by atoms with Crippen LogP contribution in [0.1, 0.15) is 30.7 Å². The first-order valence-corrected chi connectivity index (χ1v) is 15.2. The molecule has 2 heterocycles. The van der Waals surface area contributed by atoms with Crippen LogP contribution in [-0.2, 0) is 9.59 Å². The van der Waals surface area contributed by atoms with E-state index in [1.807, 2.05) is 12.1 Å². The summed E-state index contributed by atoms with van der Waals surface area (Å²) >= 11 is 8.62. The Morgan fingerprint density at radius 1 is 1.16 bits per heavy atom. The number of halogens is 1. The van der Waals surface area contributed by atoms with Gasteiger partial charge in [-0.15, -0.1) is 10.2 Å². The molecule has 1 aliphatic carbocycles. The van der Waals surface area contributed by atoms with Crippen LogP contribution >= 0.6 is 34.7 Å². The summed E-state index contributed by atoms with van der Waals surface area (Å²) in [6.45, 7) is 0. The maximum atomic E-state index is 13.3. The van der Waals surface area contributed by atoms with Crippen molar-refractivity contribution in [3.63, 3.8) is 0 Å². The number of hydrogen-bond donors (Lipinski definition) is 2. The van der Waals surface area contributed by atoms with Crippen LogP contribution in [0.25, 0.3) is 0 Å². The molecule has 222 valence electrons. The first-order valence-electron chi connectivity index (χ1n) is 13.1. The van der Waals surface area contributed by atoms with Crippen molar-refractivity contribution < 1.29 is 23.8 Å². The fraction of sp³-hybridized carbons (Fsp3) is 0.276. The molecule has 0 spiro atoms. The first-order chi connectivity index (χ1) is 20.8. The smallest absolute Gasteiger partial charge is 0.234 e. The van der Waals surface area contributed by atoms with Gasteiger partial charge in [0.1, 0.15) is 23.1 Å². The SMILES string of the molecule is COc1ccc(C2C(C#N)=C(N)N(c3nnc(SCC(=O)Nc4cc(Cl)c(OC)cc4OC)s3)C3=C2C(=O)CCC3)cc1. The molecule has 0 radical (unpaired) electrons. The lowest BCUT2D eigenvalue weighted by Crippen LogP contribution is -2.38. The quantitative estimate of drug-likeness (QED) is 0.295. The van der Waals surface area contributed by atoms with E-state index >= 15 is 0 Å². The molecule has 2 aromatic carbocycles. The monoisotopic (exact) mass is 638 g/mol. The van der Waals surface area contributed by atoms with Crippen molar-refractivity contribution in [2.75, 3.05) is 37.3 Å². The molecule has 1 amide bonds. The lowest BCUT2D eigenvalue weighted by molar-refractivity contribution is -0.116. The third-order valence-electron chi connectivity index (χ3n) is 7.02. The number of ketones is 1. The van der Waals surface area contributed by atoms with Crippen LogP contribution in [0.4, 0.5) is 10.8 Å². The molecular formula is C29H27ClN6O5S2. The van der Waals surface area contributed by atoms with Gasteiger partial charge in [0.2, 0.25) is 11.0 Å². The van der Waals surface area contributed by atoms with Crippen molar-refractivity contribution >= 4 is 57.2 Å². The highest BCUT2D eigenvalue weighted by atomic mass is 35.5. The highest BCUT2D eigenvalue weighted by molar-refractivity contribution is 8.01. The predicted molar refractivity (Wildman–Crippen MR) is 165 cm³/mol. The lowest BCUT2D eigenvalue weighted by Gasteiger charge is -2.38. The van der Waals surface area contributed by atoms with Crippen LogP contribution in [0.15, 0.2) is 63.4 Å². The van der Waals surface area contributed by atoms with Crippen LogP contribution in [0.3, 0.4) is 0 Å². The van der Waals surface area contributed by atoms with Gasteiger partial charge in [-0.2, -0.15) is 5.26 Å². The van der Waals surface area contributed by atoms with E-state index in [1.165, 1.54) is 37.3 Å². The Kier molecular flexibility index (Phi) is 9.10. The molecule has 1 aliphatic heterocycles. The summed E-state index contributed by atoms with van der Waals surface area (Å²) in [7, 11) is 4.55. The van der Waals surface area contributed by atoms with Crippen LogP contribution in [0.5, 0.6) is 17.2 Å². The zero-order valence-corrected chi connectivity index (χ0v) is 25.9. The summed E-state index contributed by atoms with van der Waals surface area (Å²) in [4.78, 5) is 27.8. The number of thioether (sulfide) groups is 1. The van der Waals surface area contributed by atoms with Crippen molar-refractivity contribution in [3.05, 3.63) is 69.6 Å². The Morgan fingerprint density at radius 3 is 2.58 bits per heavy atom. The molecule has 3 aromatic rings. The molecule has 14 heteroatoms. The molecule has 0 fully saturated rings. The molecule has 0 saturated heterocycles. The van der Waals surface area contributed by atoms with Crippen molar-refractivity contribution in [2.24, 2.45) is 5.73 Å². The van der Waals surface area contributed by atoms with Gasteiger partial charge >= 0.3 is 0 Å². The van der Waals surface area contributed by atoms with Crippen LogP contribution in [0.2, 0.25) is 5.02 Å². The normalized spacial score (nSPS) is 16.5. The molecule has 1 aromatic heterocycles. The van der Waals surface area contributed by atoms with E-state index in [-0.39, 0.29) is 28.8 Å². The van der Waals surface area contributed by atoms with E-state index < -0.39 is 5.92 Å². The Bertz CT molecular complexity index is 1680. The number of nitriles is 1. The van der Waals surface area contributed by atoms with Crippen molar-refractivity contribution in [3.8, 4) is 23.3 Å². The van der Waals surface area contributed by atoms with Gasteiger partial charge in [-0.1, -0.05) is 46.8 Å². The largest absolute Gasteiger partial charge is 0.497 e. The number of aromatic nitrogens is 2. The van der Waals surface area contributed by atoms with Gasteiger partial charge in [0, 0.05) is 23.8 Å². The van der Waals surface area contributed by atoms with Crippen molar-refractivity contribution in [1.29, 1.82) is 5.26 Å². The number of ether oxygens (including phenoxy) is 3. The average molecular weight is 639 g/mol. The summed E-state index contributed by atoms with van der Waals surface area (Å²) in [5.41, 5.74) is 9.32. The van der Waals surface area contributed by atoms with Gasteiger partial charge in [0.05, 0.1) is 55.4 Å². The number of nitrogens with zero attached hydrogens (tertiary/aromatic N) is 4. The summed E-state index contributed by atoms with van der Waals surface area (Å²) in [5.74, 6) is 0.786. The number of allylic oxidation sites excluding steroid dienone is 3. The Morgan fingerprint density at radius 2 is 1.91 bits per heavy atom. The third-order valence-corrected chi connectivity index (χ3v) is 9.36. The number of anilines is 2. The van der Waals surface area contributed by atoms with Gasteiger partial charge in [0.25, 0.3) is 0 Å². The zero-order valence-electron chi connectivity index (χ0n) is 23.5. The van der Waals surface area contributed by atoms with E-state index in [2.05, 4.69) is 21.6 Å². The number of rotatable bonds is 9. The maximum absolute atomic E-state index is 13.3. The second-order valence-corrected chi connectivity index (χ2v) is 12.0. The molecular weight excluding hydrogens is 612 g/mol. The summed E-state index contributed by atoms with van der Waals surface area (Å²) < 4.78 is 16.3. The van der Waals surface area contributed by atoms with Gasteiger partial charge in [-0.05, 0) is 36.6 Å². The Hall–Kier alpha value is -4.25. The minimum Gasteiger partial charge on any atom is -0.497 e. The Labute approximate surface area is 261 Å². The summed E-state index contributed by atoms with van der Waals surface area (Å²) in [6.07, 6.45) is 1.62. The van der Waals surface area contributed by atoms with Gasteiger partial charge in [-0.3, -0.25) is 14.5 Å². The Balaban J connectivity index is 1.39. The second kappa shape index (κ2) is 12.9. The molecule has 5 rings (SSSR count). The summed E-state index contributed by atoms with van der Waals surface area (Å²) in [6, 6.07) is 12.7. The molecule has 2 aliphatic rings. The third kappa shape index (κ3) is 5.99. The number of methoxy groups -OCH3 is 3. The van der Waals surface area contributed by atoms with Crippen LogP contribution in [-0.4, -0.2) is 49.0 Å². The highest BCUT2D eigenvalue weighted by Gasteiger charge is 2.41. The fourth-order valence-electron chi connectivity index (χ4n) is 5.06. The van der Waals surface area contributed by atoms with E-state index in [1.54, 1.807) is 36.3 Å². The molecule has 1 atom stereocenters. The average Bonchev–Trinajstić information content (AvgIpc) is 3.48. The minimum absolute atomic E-state index is 0.0299. The van der Waals surface area contributed by atoms with Crippen LogP contribution in [0, 0.1) is 11.3 Å². The number of nitrogens with one attached hydrogen (secondary N) is 1. The van der Waals surface area contributed by atoms with Gasteiger partial charge < -0.3 is 25.3 Å².